The van der Waals surface area contributed by atoms with Crippen molar-refractivity contribution in [3.8, 4) is 0 Å². The number of hydrogen-bond acceptors (Lipinski definition) is 2. The average molecular weight is 156 g/mol. The Hall–Kier alpha value is -0.0800. The Labute approximate surface area is 69.3 Å². The summed E-state index contributed by atoms with van der Waals surface area (Å²) in [4.78, 5) is 0. The molecule has 0 aromatic carbocycles. The molecule has 0 radical (unpaired) electrons. The van der Waals surface area contributed by atoms with E-state index in [2.05, 4.69) is 6.92 Å². The van der Waals surface area contributed by atoms with Gasteiger partial charge in [0.1, 0.15) is 0 Å². The third-order valence-electron chi connectivity index (χ3n) is 3.14. The van der Waals surface area contributed by atoms with Gasteiger partial charge in [-0.2, -0.15) is 0 Å². The van der Waals surface area contributed by atoms with Crippen LogP contribution in [0.1, 0.15) is 39.0 Å². The van der Waals surface area contributed by atoms with Crippen LogP contribution in [0.5, 0.6) is 0 Å². The van der Waals surface area contributed by atoms with Gasteiger partial charge in [-0.3, -0.25) is 0 Å². The summed E-state index contributed by atoms with van der Waals surface area (Å²) in [5.74, 6) is 0. The fraction of sp³-hybridized carbons (Fsp3) is 1.00. The summed E-state index contributed by atoms with van der Waals surface area (Å²) >= 11 is 0. The molecule has 0 heterocycles. The van der Waals surface area contributed by atoms with Crippen molar-refractivity contribution in [2.45, 2.75) is 45.1 Å². The zero-order chi connectivity index (χ0) is 8.32. The Morgan fingerprint density at radius 3 is 2.36 bits per heavy atom. The summed E-state index contributed by atoms with van der Waals surface area (Å²) in [5, 5.41) is 0. The van der Waals surface area contributed by atoms with Gasteiger partial charge in [-0.05, 0) is 31.2 Å². The first kappa shape index (κ1) is 9.01. The van der Waals surface area contributed by atoms with Gasteiger partial charge >= 0.3 is 0 Å². The van der Waals surface area contributed by atoms with Crippen LogP contribution in [0.3, 0.4) is 0 Å². The Morgan fingerprint density at radius 2 is 2.09 bits per heavy atom. The van der Waals surface area contributed by atoms with Gasteiger partial charge < -0.3 is 11.5 Å². The molecule has 2 nitrogen and oxygen atoms in total. The molecular formula is C9H20N2. The smallest absolute Gasteiger partial charge is 0.0107 e. The number of hydrogen-bond donors (Lipinski definition) is 2. The summed E-state index contributed by atoms with van der Waals surface area (Å²) in [5.41, 5.74) is 12.1. The minimum absolute atomic E-state index is 0.329. The maximum Gasteiger partial charge on any atom is 0.0107 e. The van der Waals surface area contributed by atoms with Crippen LogP contribution in [0.25, 0.3) is 0 Å². The van der Waals surface area contributed by atoms with Crippen LogP contribution < -0.4 is 11.5 Å². The molecule has 1 aliphatic rings. The van der Waals surface area contributed by atoms with E-state index in [1.54, 1.807) is 0 Å². The maximum atomic E-state index is 6.06. The van der Waals surface area contributed by atoms with Gasteiger partial charge in [0.05, 0.1) is 0 Å². The van der Waals surface area contributed by atoms with Crippen LogP contribution in [-0.4, -0.2) is 12.6 Å². The van der Waals surface area contributed by atoms with Crippen molar-refractivity contribution in [3.05, 3.63) is 0 Å². The Kier molecular flexibility index (Phi) is 2.90. The van der Waals surface area contributed by atoms with Crippen molar-refractivity contribution in [2.75, 3.05) is 6.54 Å². The molecule has 4 N–H and O–H groups in total. The van der Waals surface area contributed by atoms with Crippen LogP contribution >= 0.6 is 0 Å². The molecule has 0 spiro atoms. The topological polar surface area (TPSA) is 52.0 Å². The molecule has 11 heavy (non-hydrogen) atoms. The van der Waals surface area contributed by atoms with Crippen LogP contribution in [0.4, 0.5) is 0 Å². The largest absolute Gasteiger partial charge is 0.330 e. The third kappa shape index (κ3) is 1.57. The van der Waals surface area contributed by atoms with E-state index in [0.717, 1.165) is 13.0 Å². The molecule has 1 aliphatic carbocycles. The van der Waals surface area contributed by atoms with Crippen molar-refractivity contribution in [2.24, 2.45) is 16.9 Å². The lowest BCUT2D eigenvalue weighted by atomic mass is 9.63. The molecule has 1 rings (SSSR count). The summed E-state index contributed by atoms with van der Waals surface area (Å²) < 4.78 is 0. The van der Waals surface area contributed by atoms with E-state index in [1.807, 2.05) is 0 Å². The molecule has 1 unspecified atom stereocenters. The van der Waals surface area contributed by atoms with Gasteiger partial charge in [0.25, 0.3) is 0 Å². The summed E-state index contributed by atoms with van der Waals surface area (Å²) in [7, 11) is 0. The van der Waals surface area contributed by atoms with Crippen molar-refractivity contribution in [1.82, 2.24) is 0 Å². The fourth-order valence-corrected chi connectivity index (χ4v) is 1.97. The molecule has 66 valence electrons. The van der Waals surface area contributed by atoms with Gasteiger partial charge in [0.15, 0.2) is 0 Å². The Balaban J connectivity index is 2.40. The Morgan fingerprint density at radius 1 is 1.45 bits per heavy atom. The second kappa shape index (κ2) is 3.55. The van der Waals surface area contributed by atoms with Crippen molar-refractivity contribution >= 4 is 0 Å². The summed E-state index contributed by atoms with van der Waals surface area (Å²) in [6.07, 6.45) is 6.16. The maximum absolute atomic E-state index is 6.06. The molecule has 0 bridgehead atoms. The second-order valence-electron chi connectivity index (χ2n) is 3.82. The molecule has 0 aromatic rings. The van der Waals surface area contributed by atoms with E-state index in [1.165, 1.54) is 25.7 Å². The highest BCUT2D eigenvalue weighted by Crippen LogP contribution is 2.43. The molecule has 1 saturated carbocycles. The highest BCUT2D eigenvalue weighted by Gasteiger charge is 2.40. The predicted octanol–water partition coefficient (Wildman–Crippen LogP) is 1.24. The lowest BCUT2D eigenvalue weighted by Crippen LogP contribution is -2.51. The average Bonchev–Trinajstić information content (AvgIpc) is 1.87. The molecule has 1 fully saturated rings. The number of rotatable bonds is 4. The summed E-state index contributed by atoms with van der Waals surface area (Å²) in [6.45, 7) is 2.97. The van der Waals surface area contributed by atoms with Crippen molar-refractivity contribution in [3.63, 3.8) is 0 Å². The van der Waals surface area contributed by atoms with Gasteiger partial charge in [-0.25, -0.2) is 0 Å². The molecule has 2 heteroatoms. The molecule has 0 aliphatic heterocycles. The minimum Gasteiger partial charge on any atom is -0.330 e. The predicted molar refractivity (Wildman–Crippen MR) is 48.2 cm³/mol. The SMILES string of the molecule is CCCC(N)C1(CN)CCC1. The lowest BCUT2D eigenvalue weighted by molar-refractivity contribution is 0.0994. The highest BCUT2D eigenvalue weighted by atomic mass is 14.8. The van der Waals surface area contributed by atoms with E-state index in [4.69, 9.17) is 11.5 Å². The molecular weight excluding hydrogens is 136 g/mol. The highest BCUT2D eigenvalue weighted by molar-refractivity contribution is 4.96. The van der Waals surface area contributed by atoms with Crippen LogP contribution in [0, 0.1) is 5.41 Å². The normalized spacial score (nSPS) is 24.3. The Bertz CT molecular complexity index is 113. The van der Waals surface area contributed by atoms with Gasteiger partial charge in [-0.15, -0.1) is 0 Å². The van der Waals surface area contributed by atoms with E-state index in [-0.39, 0.29) is 0 Å². The van der Waals surface area contributed by atoms with E-state index >= 15 is 0 Å². The molecule has 1 atom stereocenters. The quantitative estimate of drug-likeness (QED) is 0.643. The van der Waals surface area contributed by atoms with Crippen LogP contribution in [0.15, 0.2) is 0 Å². The first-order valence-corrected chi connectivity index (χ1v) is 4.71. The zero-order valence-electron chi connectivity index (χ0n) is 7.47. The molecule has 0 amide bonds. The van der Waals surface area contributed by atoms with E-state index in [0.29, 0.717) is 11.5 Å². The molecule has 0 saturated heterocycles. The first-order valence-electron chi connectivity index (χ1n) is 4.71. The van der Waals surface area contributed by atoms with E-state index in [9.17, 15) is 0 Å². The molecule has 0 aromatic heterocycles. The van der Waals surface area contributed by atoms with E-state index < -0.39 is 0 Å². The second-order valence-corrected chi connectivity index (χ2v) is 3.82. The third-order valence-corrected chi connectivity index (χ3v) is 3.14. The lowest BCUT2D eigenvalue weighted by Gasteiger charge is -2.45. The summed E-state index contributed by atoms with van der Waals surface area (Å²) in [6, 6.07) is 0.353. The standard InChI is InChI=1S/C9H20N2/c1-2-4-8(11)9(7-10)5-3-6-9/h8H,2-7,10-11H2,1H3. The fourth-order valence-electron chi connectivity index (χ4n) is 1.97. The van der Waals surface area contributed by atoms with Crippen LogP contribution in [-0.2, 0) is 0 Å². The van der Waals surface area contributed by atoms with Crippen molar-refractivity contribution in [1.29, 1.82) is 0 Å². The minimum atomic E-state index is 0.329. The van der Waals surface area contributed by atoms with Gasteiger partial charge in [-0.1, -0.05) is 19.8 Å². The van der Waals surface area contributed by atoms with Crippen molar-refractivity contribution < 1.29 is 0 Å². The van der Waals surface area contributed by atoms with Gasteiger partial charge in [0.2, 0.25) is 0 Å². The van der Waals surface area contributed by atoms with Gasteiger partial charge in [0, 0.05) is 6.04 Å². The zero-order valence-corrected chi connectivity index (χ0v) is 7.47. The monoisotopic (exact) mass is 156 g/mol. The van der Waals surface area contributed by atoms with Crippen LogP contribution in [0.2, 0.25) is 0 Å². The number of nitrogens with two attached hydrogens (primary N) is 2. The first-order chi connectivity index (χ1) is 5.25.